The lowest BCUT2D eigenvalue weighted by atomic mass is 10.2. The number of anilines is 1. The molecule has 3 heterocycles. The van der Waals surface area contributed by atoms with Crippen LogP contribution in [0.25, 0.3) is 0 Å². The highest BCUT2D eigenvalue weighted by atomic mass is 16.5. The van der Waals surface area contributed by atoms with Crippen molar-refractivity contribution in [3.05, 3.63) is 72.8 Å². The Hall–Kier alpha value is -3.39. The van der Waals surface area contributed by atoms with Gasteiger partial charge in [0.25, 0.3) is 0 Å². The van der Waals surface area contributed by atoms with Crippen LogP contribution in [-0.4, -0.2) is 63.4 Å². The van der Waals surface area contributed by atoms with Crippen LogP contribution in [0, 0.1) is 0 Å². The van der Waals surface area contributed by atoms with Gasteiger partial charge < -0.3 is 15.0 Å². The minimum absolute atomic E-state index is 0.0790. The van der Waals surface area contributed by atoms with Gasteiger partial charge in [0, 0.05) is 69.3 Å². The van der Waals surface area contributed by atoms with Gasteiger partial charge in [0.15, 0.2) is 0 Å². The highest BCUT2D eigenvalue weighted by molar-refractivity contribution is 5.89. The molecule has 0 aliphatic carbocycles. The predicted octanol–water partition coefficient (Wildman–Crippen LogP) is 2.71. The second kappa shape index (κ2) is 9.89. The summed E-state index contributed by atoms with van der Waals surface area (Å²) < 4.78 is 7.60. The number of nitrogens with one attached hydrogen (secondary N) is 1. The van der Waals surface area contributed by atoms with Crippen molar-refractivity contribution in [1.29, 1.82) is 0 Å². The largest absolute Gasteiger partial charge is 0.492 e. The molecule has 0 bridgehead atoms. The Morgan fingerprint density at radius 2 is 1.97 bits per heavy atom. The first-order chi connectivity index (χ1) is 14.8. The zero-order valence-corrected chi connectivity index (χ0v) is 16.9. The van der Waals surface area contributed by atoms with Crippen molar-refractivity contribution < 1.29 is 9.53 Å². The molecule has 0 saturated carbocycles. The van der Waals surface area contributed by atoms with Gasteiger partial charge >= 0.3 is 6.03 Å². The zero-order valence-electron chi connectivity index (χ0n) is 16.9. The molecule has 0 unspecified atom stereocenters. The number of urea groups is 1. The van der Waals surface area contributed by atoms with Gasteiger partial charge in [-0.3, -0.25) is 14.6 Å². The summed E-state index contributed by atoms with van der Waals surface area (Å²) in [6, 6.07) is 13.3. The maximum Gasteiger partial charge on any atom is 0.321 e. The van der Waals surface area contributed by atoms with Gasteiger partial charge in [-0.05, 0) is 29.8 Å². The first kappa shape index (κ1) is 19.9. The van der Waals surface area contributed by atoms with E-state index in [1.165, 1.54) is 5.56 Å². The molecule has 0 atom stereocenters. The van der Waals surface area contributed by atoms with Gasteiger partial charge in [-0.2, -0.15) is 5.10 Å². The molecular formula is C22H26N6O2. The Morgan fingerprint density at radius 1 is 1.07 bits per heavy atom. The van der Waals surface area contributed by atoms with E-state index in [4.69, 9.17) is 4.74 Å². The molecule has 1 N–H and O–H groups in total. The summed E-state index contributed by atoms with van der Waals surface area (Å²) in [6.45, 7) is 5.14. The quantitative estimate of drug-likeness (QED) is 0.653. The number of aromatic nitrogens is 3. The normalized spacial score (nSPS) is 14.5. The summed E-state index contributed by atoms with van der Waals surface area (Å²) in [5, 5.41) is 7.13. The van der Waals surface area contributed by atoms with Crippen LogP contribution >= 0.6 is 0 Å². The van der Waals surface area contributed by atoms with Gasteiger partial charge in [0.2, 0.25) is 0 Å². The van der Waals surface area contributed by atoms with E-state index in [2.05, 4.69) is 26.4 Å². The van der Waals surface area contributed by atoms with Crippen LogP contribution in [0.5, 0.6) is 5.75 Å². The standard InChI is InChI=1S/C22H26N6O2/c29-22(27-12-10-26(11-13-27)18-19-4-2-7-23-17-19)25-20-5-1-6-21(16-20)30-15-14-28-9-3-8-24-28/h1-9,16-17H,10-15,18H2,(H,25,29). The summed E-state index contributed by atoms with van der Waals surface area (Å²) in [5.74, 6) is 0.723. The molecule has 8 heteroatoms. The van der Waals surface area contributed by atoms with Gasteiger partial charge in [-0.15, -0.1) is 0 Å². The van der Waals surface area contributed by atoms with Crippen molar-refractivity contribution >= 4 is 11.7 Å². The average molecular weight is 406 g/mol. The van der Waals surface area contributed by atoms with E-state index in [1.807, 2.05) is 58.4 Å². The zero-order chi connectivity index (χ0) is 20.6. The van der Waals surface area contributed by atoms with Crippen molar-refractivity contribution in [1.82, 2.24) is 24.6 Å². The second-order valence-corrected chi connectivity index (χ2v) is 7.20. The molecule has 3 aromatic rings. The molecule has 4 rings (SSSR count). The van der Waals surface area contributed by atoms with E-state index >= 15 is 0 Å². The van der Waals surface area contributed by atoms with E-state index < -0.39 is 0 Å². The number of pyridine rings is 1. The number of hydrogen-bond donors (Lipinski definition) is 1. The lowest BCUT2D eigenvalue weighted by Gasteiger charge is -2.34. The number of piperazine rings is 1. The smallest absolute Gasteiger partial charge is 0.321 e. The third-order valence-electron chi connectivity index (χ3n) is 5.02. The molecule has 8 nitrogen and oxygen atoms in total. The lowest BCUT2D eigenvalue weighted by molar-refractivity contribution is 0.143. The molecule has 2 amide bonds. The highest BCUT2D eigenvalue weighted by Gasteiger charge is 2.21. The molecule has 156 valence electrons. The number of carbonyl (C=O) groups excluding carboxylic acids is 1. The van der Waals surface area contributed by atoms with Crippen LogP contribution in [0.15, 0.2) is 67.3 Å². The minimum atomic E-state index is -0.0790. The van der Waals surface area contributed by atoms with Crippen molar-refractivity contribution in [2.75, 3.05) is 38.1 Å². The summed E-state index contributed by atoms with van der Waals surface area (Å²) >= 11 is 0. The molecule has 1 aromatic carbocycles. The first-order valence-corrected chi connectivity index (χ1v) is 10.1. The molecule has 1 aliphatic rings. The van der Waals surface area contributed by atoms with Crippen LogP contribution in [0.3, 0.4) is 0 Å². The fourth-order valence-electron chi connectivity index (χ4n) is 3.41. The average Bonchev–Trinajstić information content (AvgIpc) is 3.29. The van der Waals surface area contributed by atoms with Crippen LogP contribution in [0.4, 0.5) is 10.5 Å². The van der Waals surface area contributed by atoms with E-state index in [0.717, 1.165) is 31.1 Å². The Balaban J connectivity index is 1.23. The molecule has 1 fully saturated rings. The van der Waals surface area contributed by atoms with E-state index in [0.29, 0.717) is 26.2 Å². The number of ether oxygens (including phenoxy) is 1. The molecule has 0 radical (unpaired) electrons. The second-order valence-electron chi connectivity index (χ2n) is 7.20. The minimum Gasteiger partial charge on any atom is -0.492 e. The Morgan fingerprint density at radius 3 is 2.73 bits per heavy atom. The van der Waals surface area contributed by atoms with E-state index in [9.17, 15) is 4.79 Å². The number of benzene rings is 1. The molecular weight excluding hydrogens is 380 g/mol. The highest BCUT2D eigenvalue weighted by Crippen LogP contribution is 2.18. The molecule has 1 aliphatic heterocycles. The number of hydrogen-bond acceptors (Lipinski definition) is 5. The summed E-state index contributed by atoms with van der Waals surface area (Å²) in [6.07, 6.45) is 7.32. The lowest BCUT2D eigenvalue weighted by Crippen LogP contribution is -2.49. The molecule has 2 aromatic heterocycles. The van der Waals surface area contributed by atoms with Crippen LogP contribution in [-0.2, 0) is 13.1 Å². The Bertz CT molecular complexity index is 924. The van der Waals surface area contributed by atoms with Crippen LogP contribution in [0.1, 0.15) is 5.56 Å². The van der Waals surface area contributed by atoms with E-state index in [-0.39, 0.29) is 6.03 Å². The number of rotatable bonds is 7. The van der Waals surface area contributed by atoms with Gasteiger partial charge in [-0.1, -0.05) is 12.1 Å². The van der Waals surface area contributed by atoms with Crippen molar-refractivity contribution in [2.45, 2.75) is 13.1 Å². The number of carbonyl (C=O) groups is 1. The number of amides is 2. The topological polar surface area (TPSA) is 75.5 Å². The van der Waals surface area contributed by atoms with Crippen molar-refractivity contribution in [3.8, 4) is 5.75 Å². The molecule has 1 saturated heterocycles. The molecule has 0 spiro atoms. The van der Waals surface area contributed by atoms with Crippen LogP contribution in [0.2, 0.25) is 0 Å². The van der Waals surface area contributed by atoms with Gasteiger partial charge in [0.05, 0.1) is 6.54 Å². The van der Waals surface area contributed by atoms with Crippen molar-refractivity contribution in [2.24, 2.45) is 0 Å². The Kier molecular flexibility index (Phi) is 6.56. The third-order valence-corrected chi connectivity index (χ3v) is 5.02. The molecule has 30 heavy (non-hydrogen) atoms. The Labute approximate surface area is 176 Å². The predicted molar refractivity (Wildman–Crippen MR) is 114 cm³/mol. The fraction of sp³-hybridized carbons (Fsp3) is 0.318. The summed E-state index contributed by atoms with van der Waals surface area (Å²) in [7, 11) is 0. The maximum atomic E-state index is 12.6. The summed E-state index contributed by atoms with van der Waals surface area (Å²) in [4.78, 5) is 21.0. The van der Waals surface area contributed by atoms with Crippen LogP contribution < -0.4 is 10.1 Å². The maximum absolute atomic E-state index is 12.6. The van der Waals surface area contributed by atoms with Crippen molar-refractivity contribution in [3.63, 3.8) is 0 Å². The van der Waals surface area contributed by atoms with E-state index in [1.54, 1.807) is 12.4 Å². The fourth-order valence-corrected chi connectivity index (χ4v) is 3.41. The first-order valence-electron chi connectivity index (χ1n) is 10.1. The van der Waals surface area contributed by atoms with Gasteiger partial charge in [0.1, 0.15) is 12.4 Å². The van der Waals surface area contributed by atoms with Gasteiger partial charge in [-0.25, -0.2) is 4.79 Å². The third kappa shape index (κ3) is 5.57. The monoisotopic (exact) mass is 406 g/mol. The number of nitrogens with zero attached hydrogens (tertiary/aromatic N) is 5. The SMILES string of the molecule is O=C(Nc1cccc(OCCn2cccn2)c1)N1CCN(Cc2cccnc2)CC1. The summed E-state index contributed by atoms with van der Waals surface area (Å²) in [5.41, 5.74) is 1.93.